The van der Waals surface area contributed by atoms with E-state index in [0.29, 0.717) is 17.1 Å². The van der Waals surface area contributed by atoms with Crippen LogP contribution in [0.4, 0.5) is 0 Å². The number of hydrazine groups is 1. The average Bonchev–Trinajstić information content (AvgIpc) is 3.30. The Bertz CT molecular complexity index is 712. The molecular weight excluding hydrogens is 311 g/mol. The molecule has 3 rings (SSSR count). The van der Waals surface area contributed by atoms with Gasteiger partial charge in [0.05, 0.1) is 18.4 Å². The number of thiocarbonyl (C=S) groups is 1. The normalized spacial score (nSPS) is 13.4. The molecule has 1 aliphatic rings. The molecule has 1 saturated carbocycles. The molecule has 1 aliphatic carbocycles. The molecule has 1 aromatic carbocycles. The summed E-state index contributed by atoms with van der Waals surface area (Å²) in [5, 5.41) is 11.4. The maximum atomic E-state index is 11.5. The first kappa shape index (κ1) is 15.5. The van der Waals surface area contributed by atoms with Crippen LogP contribution in [-0.2, 0) is 11.3 Å². The zero-order valence-corrected chi connectivity index (χ0v) is 13.1. The number of nitrogens with one attached hydrogen (secondary N) is 3. The topological polar surface area (TPSA) is 83.9 Å². The average molecular weight is 326 g/mol. The highest BCUT2D eigenvalue weighted by Gasteiger charge is 2.29. The number of nitrogens with zero attached hydrogens (tertiary/aromatic N) is 3. The summed E-state index contributed by atoms with van der Waals surface area (Å²) in [5.41, 5.74) is 7.53. The smallest absolute Gasteiger partial charge is 0.241 e. The Morgan fingerprint density at radius 1 is 1.30 bits per heavy atom. The van der Waals surface area contributed by atoms with Gasteiger partial charge < -0.3 is 5.32 Å². The number of amides is 1. The fourth-order valence-electron chi connectivity index (χ4n) is 1.91. The Morgan fingerprint density at radius 3 is 2.74 bits per heavy atom. The van der Waals surface area contributed by atoms with Crippen LogP contribution in [0, 0.1) is 5.92 Å². The second kappa shape index (κ2) is 6.78. The monoisotopic (exact) mass is 326 g/mol. The van der Waals surface area contributed by atoms with E-state index < -0.39 is 0 Å². The zero-order chi connectivity index (χ0) is 16.2. The van der Waals surface area contributed by atoms with Crippen LogP contribution in [-0.4, -0.2) is 33.9 Å². The van der Waals surface area contributed by atoms with Gasteiger partial charge in [-0.3, -0.25) is 15.6 Å². The van der Waals surface area contributed by atoms with E-state index in [1.165, 1.54) is 0 Å². The van der Waals surface area contributed by atoms with E-state index in [-0.39, 0.29) is 11.8 Å². The first-order chi connectivity index (χ1) is 11.1. The molecule has 0 unspecified atom stereocenters. The molecule has 2 radical (unpaired) electrons. The van der Waals surface area contributed by atoms with Crippen LogP contribution in [0.3, 0.4) is 0 Å². The molecule has 3 N–H and O–H groups in total. The molecule has 9 heteroatoms. The van der Waals surface area contributed by atoms with Crippen LogP contribution in [0.1, 0.15) is 18.5 Å². The minimum Gasteiger partial charge on any atom is -0.356 e. The van der Waals surface area contributed by atoms with Gasteiger partial charge in [0.2, 0.25) is 5.91 Å². The molecule has 0 spiro atoms. The molecule has 1 amide bonds. The van der Waals surface area contributed by atoms with Crippen molar-refractivity contribution in [1.29, 1.82) is 0 Å². The summed E-state index contributed by atoms with van der Waals surface area (Å²) in [6, 6.07) is 7.33. The van der Waals surface area contributed by atoms with Crippen molar-refractivity contribution in [1.82, 2.24) is 31.2 Å². The second-order valence-corrected chi connectivity index (χ2v) is 5.73. The van der Waals surface area contributed by atoms with Gasteiger partial charge in [-0.2, -0.15) is 0 Å². The van der Waals surface area contributed by atoms with E-state index >= 15 is 0 Å². The third-order valence-electron chi connectivity index (χ3n) is 3.38. The SMILES string of the molecule is [B]c1ccc(-n2cc(CNC(=S)NNC(=O)C3CC3)nn2)cc1. The van der Waals surface area contributed by atoms with Crippen molar-refractivity contribution in [2.24, 2.45) is 5.92 Å². The molecule has 23 heavy (non-hydrogen) atoms. The van der Waals surface area contributed by atoms with Crippen LogP contribution in [0.5, 0.6) is 0 Å². The van der Waals surface area contributed by atoms with Gasteiger partial charge in [-0.15, -0.1) is 5.10 Å². The quantitative estimate of drug-likeness (QED) is 0.398. The van der Waals surface area contributed by atoms with Crippen molar-refractivity contribution in [2.45, 2.75) is 19.4 Å². The molecule has 1 aromatic heterocycles. The predicted molar refractivity (Wildman–Crippen MR) is 90.2 cm³/mol. The molecule has 2 aromatic rings. The molecular formula is C14H15BN6OS. The summed E-state index contributed by atoms with van der Waals surface area (Å²) in [5.74, 6) is 0.105. The molecule has 7 nitrogen and oxygen atoms in total. The van der Waals surface area contributed by atoms with Gasteiger partial charge in [-0.05, 0) is 37.2 Å². The summed E-state index contributed by atoms with van der Waals surface area (Å²) in [7, 11) is 5.66. The van der Waals surface area contributed by atoms with E-state index in [1.807, 2.05) is 12.1 Å². The standard InChI is InChI=1S/C14H15BN6OS/c15-10-3-5-12(6-4-10)21-8-11(17-20-21)7-16-14(23)19-18-13(22)9-1-2-9/h3-6,8-9H,1-2,7H2,(H,18,22)(H2,16,19,23). The summed E-state index contributed by atoms with van der Waals surface area (Å²) < 4.78 is 1.65. The molecule has 0 bridgehead atoms. The summed E-state index contributed by atoms with van der Waals surface area (Å²) in [6.07, 6.45) is 3.69. The number of hydrogen-bond acceptors (Lipinski definition) is 4. The van der Waals surface area contributed by atoms with Crippen LogP contribution in [0.15, 0.2) is 30.5 Å². The number of benzene rings is 1. The van der Waals surface area contributed by atoms with Gasteiger partial charge in [-0.1, -0.05) is 22.8 Å². The number of hydrogen-bond donors (Lipinski definition) is 3. The van der Waals surface area contributed by atoms with Crippen LogP contribution < -0.4 is 21.6 Å². The van der Waals surface area contributed by atoms with Gasteiger partial charge >= 0.3 is 0 Å². The second-order valence-electron chi connectivity index (χ2n) is 5.32. The van der Waals surface area contributed by atoms with E-state index in [9.17, 15) is 4.79 Å². The molecule has 0 atom stereocenters. The molecule has 1 fully saturated rings. The Labute approximate surface area is 140 Å². The van der Waals surface area contributed by atoms with Gasteiger partial charge in [0.25, 0.3) is 0 Å². The van der Waals surface area contributed by atoms with E-state index in [2.05, 4.69) is 26.5 Å². The lowest BCUT2D eigenvalue weighted by molar-refractivity contribution is -0.122. The predicted octanol–water partition coefficient (Wildman–Crippen LogP) is -0.534. The Kier molecular flexibility index (Phi) is 4.56. The molecule has 1 heterocycles. The highest BCUT2D eigenvalue weighted by Crippen LogP contribution is 2.28. The van der Waals surface area contributed by atoms with Gasteiger partial charge in [0.1, 0.15) is 13.5 Å². The van der Waals surface area contributed by atoms with Crippen molar-refractivity contribution in [3.05, 3.63) is 36.2 Å². The highest BCUT2D eigenvalue weighted by molar-refractivity contribution is 7.80. The molecule has 0 saturated heterocycles. The number of rotatable bonds is 4. The first-order valence-electron chi connectivity index (χ1n) is 7.22. The maximum absolute atomic E-state index is 11.5. The lowest BCUT2D eigenvalue weighted by Crippen LogP contribution is -2.47. The van der Waals surface area contributed by atoms with E-state index in [4.69, 9.17) is 20.1 Å². The minimum absolute atomic E-state index is 0.0246. The lowest BCUT2D eigenvalue weighted by atomic mass is 9.96. The maximum Gasteiger partial charge on any atom is 0.241 e. The zero-order valence-electron chi connectivity index (χ0n) is 12.3. The Morgan fingerprint density at radius 2 is 2.04 bits per heavy atom. The third kappa shape index (κ3) is 4.29. The fraction of sp³-hybridized carbons (Fsp3) is 0.286. The van der Waals surface area contributed by atoms with Gasteiger partial charge in [0.15, 0.2) is 5.11 Å². The highest BCUT2D eigenvalue weighted by atomic mass is 32.1. The third-order valence-corrected chi connectivity index (χ3v) is 3.62. The van der Waals surface area contributed by atoms with Gasteiger partial charge in [-0.25, -0.2) is 4.68 Å². The van der Waals surface area contributed by atoms with Crippen molar-refractivity contribution in [3.63, 3.8) is 0 Å². The van der Waals surface area contributed by atoms with Crippen LogP contribution in [0.25, 0.3) is 5.69 Å². The Hall–Kier alpha value is -2.42. The summed E-state index contributed by atoms with van der Waals surface area (Å²) >= 11 is 5.09. The van der Waals surface area contributed by atoms with Gasteiger partial charge in [0, 0.05) is 5.92 Å². The van der Waals surface area contributed by atoms with Crippen molar-refractivity contribution in [2.75, 3.05) is 0 Å². The van der Waals surface area contributed by atoms with Crippen molar-refractivity contribution < 1.29 is 4.79 Å². The van der Waals surface area contributed by atoms with Crippen molar-refractivity contribution >= 4 is 36.5 Å². The van der Waals surface area contributed by atoms with E-state index in [0.717, 1.165) is 24.2 Å². The number of aromatic nitrogens is 3. The number of carbonyl (C=O) groups is 1. The molecule has 116 valence electrons. The summed E-state index contributed by atoms with van der Waals surface area (Å²) in [4.78, 5) is 11.5. The first-order valence-corrected chi connectivity index (χ1v) is 7.63. The summed E-state index contributed by atoms with van der Waals surface area (Å²) in [6.45, 7) is 0.403. The van der Waals surface area contributed by atoms with Crippen molar-refractivity contribution in [3.8, 4) is 5.69 Å². The number of carbonyl (C=O) groups excluding carboxylic acids is 1. The molecule has 0 aliphatic heterocycles. The minimum atomic E-state index is -0.0246. The van der Waals surface area contributed by atoms with Crippen LogP contribution >= 0.6 is 12.2 Å². The fourth-order valence-corrected chi connectivity index (χ4v) is 2.04. The van der Waals surface area contributed by atoms with E-state index in [1.54, 1.807) is 23.0 Å². The largest absolute Gasteiger partial charge is 0.356 e. The lowest BCUT2D eigenvalue weighted by Gasteiger charge is -2.09. The Balaban J connectivity index is 1.47. The van der Waals surface area contributed by atoms with Crippen LogP contribution in [0.2, 0.25) is 0 Å².